The van der Waals surface area contributed by atoms with Crippen LogP contribution in [0.4, 0.5) is 4.39 Å². The molecule has 168 valence electrons. The zero-order valence-corrected chi connectivity index (χ0v) is 19.0. The Bertz CT molecular complexity index is 1380. The monoisotopic (exact) mass is 483 g/mol. The Morgan fingerprint density at radius 1 is 1.06 bits per heavy atom. The van der Waals surface area contributed by atoms with Crippen LogP contribution in [0.2, 0.25) is 5.02 Å². The number of carbonyl (C=O) groups is 1. The molecule has 0 spiro atoms. The van der Waals surface area contributed by atoms with Crippen molar-refractivity contribution in [3.63, 3.8) is 0 Å². The van der Waals surface area contributed by atoms with Gasteiger partial charge in [0.15, 0.2) is 5.01 Å². The van der Waals surface area contributed by atoms with Crippen LogP contribution in [0, 0.1) is 5.82 Å². The third kappa shape index (κ3) is 4.52. The number of halogens is 2. The lowest BCUT2D eigenvalue weighted by Gasteiger charge is -2.34. The number of piperazine rings is 1. The number of rotatable bonds is 4. The molecule has 1 saturated heterocycles. The van der Waals surface area contributed by atoms with Crippen molar-refractivity contribution in [2.75, 3.05) is 26.2 Å². The Morgan fingerprint density at radius 3 is 2.52 bits per heavy atom. The van der Waals surface area contributed by atoms with E-state index in [9.17, 15) is 14.0 Å². The molecule has 7 nitrogen and oxygen atoms in total. The van der Waals surface area contributed by atoms with Gasteiger partial charge in [0.2, 0.25) is 4.96 Å². The Labute approximate surface area is 197 Å². The lowest BCUT2D eigenvalue weighted by atomic mass is 10.2. The van der Waals surface area contributed by atoms with E-state index in [4.69, 9.17) is 11.6 Å². The molecule has 0 bridgehead atoms. The van der Waals surface area contributed by atoms with E-state index >= 15 is 0 Å². The first-order valence-corrected chi connectivity index (χ1v) is 11.6. The maximum atomic E-state index is 14.1. The Morgan fingerprint density at radius 2 is 1.79 bits per heavy atom. The lowest BCUT2D eigenvalue weighted by molar-refractivity contribution is 0.0627. The summed E-state index contributed by atoms with van der Waals surface area (Å²) >= 11 is 7.08. The number of hydrogen-bond acceptors (Lipinski definition) is 6. The van der Waals surface area contributed by atoms with Gasteiger partial charge in [-0.3, -0.25) is 14.5 Å². The van der Waals surface area contributed by atoms with Crippen molar-refractivity contribution >= 4 is 33.8 Å². The molecular formula is C23H19ClFN5O2S. The van der Waals surface area contributed by atoms with E-state index in [1.165, 1.54) is 28.0 Å². The highest BCUT2D eigenvalue weighted by molar-refractivity contribution is 7.19. The molecule has 1 amide bonds. The van der Waals surface area contributed by atoms with Gasteiger partial charge in [0, 0.05) is 54.9 Å². The van der Waals surface area contributed by atoms with Crippen LogP contribution in [0.5, 0.6) is 0 Å². The van der Waals surface area contributed by atoms with E-state index in [1.54, 1.807) is 42.5 Å². The van der Waals surface area contributed by atoms with E-state index < -0.39 is 5.82 Å². The fourth-order valence-electron chi connectivity index (χ4n) is 3.79. The highest BCUT2D eigenvalue weighted by atomic mass is 35.5. The molecule has 2 aromatic heterocycles. The van der Waals surface area contributed by atoms with Crippen molar-refractivity contribution in [2.24, 2.45) is 0 Å². The minimum absolute atomic E-state index is 0.0190. The number of nitrogens with zero attached hydrogens (tertiary/aromatic N) is 5. The van der Waals surface area contributed by atoms with Crippen molar-refractivity contribution in [3.8, 4) is 10.6 Å². The predicted octanol–water partition coefficient (Wildman–Crippen LogP) is 3.57. The zero-order chi connectivity index (χ0) is 22.9. The fourth-order valence-corrected chi connectivity index (χ4v) is 4.87. The standard InChI is InChI=1S/C23H19ClFN5O2S/c24-16-7-5-15(6-8-16)22(32)29-11-9-28(10-12-29)14-17-13-20(31)30-23(26-17)33-21(27-30)18-3-1-2-4-19(18)25/h1-8,13H,9-12,14H2. The Balaban J connectivity index is 1.28. The van der Waals surface area contributed by atoms with Crippen molar-refractivity contribution in [1.82, 2.24) is 24.4 Å². The van der Waals surface area contributed by atoms with Gasteiger partial charge in [-0.15, -0.1) is 0 Å². The summed E-state index contributed by atoms with van der Waals surface area (Å²) in [5.74, 6) is -0.412. The third-order valence-electron chi connectivity index (χ3n) is 5.54. The Hall–Kier alpha value is -3.14. The normalized spacial score (nSPS) is 14.7. The van der Waals surface area contributed by atoms with Crippen LogP contribution in [0.25, 0.3) is 15.5 Å². The second-order valence-electron chi connectivity index (χ2n) is 7.74. The van der Waals surface area contributed by atoms with Crippen LogP contribution in [0.1, 0.15) is 16.1 Å². The van der Waals surface area contributed by atoms with Gasteiger partial charge in [0.1, 0.15) is 5.82 Å². The molecule has 10 heteroatoms. The zero-order valence-electron chi connectivity index (χ0n) is 17.4. The van der Waals surface area contributed by atoms with Crippen LogP contribution in [-0.2, 0) is 6.54 Å². The quantitative estimate of drug-likeness (QED) is 0.444. The average Bonchev–Trinajstić information content (AvgIpc) is 3.24. The molecule has 3 heterocycles. The van der Waals surface area contributed by atoms with Crippen LogP contribution in [0.15, 0.2) is 59.4 Å². The van der Waals surface area contributed by atoms with Crippen molar-refractivity contribution in [2.45, 2.75) is 6.54 Å². The van der Waals surface area contributed by atoms with E-state index in [-0.39, 0.29) is 11.5 Å². The molecule has 0 unspecified atom stereocenters. The minimum Gasteiger partial charge on any atom is -0.336 e. The van der Waals surface area contributed by atoms with Crippen molar-refractivity contribution in [1.29, 1.82) is 0 Å². The highest BCUT2D eigenvalue weighted by Gasteiger charge is 2.23. The van der Waals surface area contributed by atoms with Crippen LogP contribution in [0.3, 0.4) is 0 Å². The number of fused-ring (bicyclic) bond motifs is 1. The molecular weight excluding hydrogens is 465 g/mol. The summed E-state index contributed by atoms with van der Waals surface area (Å²) in [7, 11) is 0. The van der Waals surface area contributed by atoms with Gasteiger partial charge in [0.25, 0.3) is 11.5 Å². The highest BCUT2D eigenvalue weighted by Crippen LogP contribution is 2.26. The molecule has 33 heavy (non-hydrogen) atoms. The molecule has 5 rings (SSSR count). The second kappa shape index (κ2) is 9.01. The number of amides is 1. The summed E-state index contributed by atoms with van der Waals surface area (Å²) < 4.78 is 15.3. The molecule has 1 aliphatic rings. The molecule has 0 atom stereocenters. The van der Waals surface area contributed by atoms with E-state index in [1.807, 2.05) is 4.90 Å². The Kier molecular flexibility index (Phi) is 5.92. The summed E-state index contributed by atoms with van der Waals surface area (Å²) in [6.45, 7) is 3.00. The summed E-state index contributed by atoms with van der Waals surface area (Å²) in [4.78, 5) is 34.2. The van der Waals surface area contributed by atoms with Gasteiger partial charge in [-0.2, -0.15) is 9.61 Å². The number of carbonyl (C=O) groups excluding carboxylic acids is 1. The largest absolute Gasteiger partial charge is 0.336 e. The molecule has 0 saturated carbocycles. The molecule has 0 radical (unpaired) electrons. The molecule has 2 aromatic carbocycles. The predicted molar refractivity (Wildman–Crippen MR) is 125 cm³/mol. The fraction of sp³-hybridized carbons (Fsp3) is 0.217. The van der Waals surface area contributed by atoms with Gasteiger partial charge >= 0.3 is 0 Å². The molecule has 1 aliphatic heterocycles. The van der Waals surface area contributed by atoms with Crippen LogP contribution in [-0.4, -0.2) is 56.5 Å². The van der Waals surface area contributed by atoms with E-state index in [0.717, 1.165) is 0 Å². The van der Waals surface area contributed by atoms with Gasteiger partial charge in [-0.05, 0) is 36.4 Å². The molecule has 4 aromatic rings. The third-order valence-corrected chi connectivity index (χ3v) is 6.73. The van der Waals surface area contributed by atoms with Gasteiger partial charge in [0.05, 0.1) is 5.69 Å². The first-order chi connectivity index (χ1) is 16.0. The minimum atomic E-state index is -0.393. The average molecular weight is 484 g/mol. The first kappa shape index (κ1) is 21.7. The van der Waals surface area contributed by atoms with Crippen molar-refractivity contribution in [3.05, 3.63) is 87.0 Å². The van der Waals surface area contributed by atoms with Gasteiger partial charge in [-0.25, -0.2) is 9.37 Å². The second-order valence-corrected chi connectivity index (χ2v) is 9.13. The summed E-state index contributed by atoms with van der Waals surface area (Å²) in [5, 5.41) is 5.25. The summed E-state index contributed by atoms with van der Waals surface area (Å²) in [6, 6.07) is 14.7. The van der Waals surface area contributed by atoms with Gasteiger partial charge in [-0.1, -0.05) is 35.1 Å². The van der Waals surface area contributed by atoms with Crippen molar-refractivity contribution < 1.29 is 9.18 Å². The number of hydrogen-bond donors (Lipinski definition) is 0. The number of aromatic nitrogens is 3. The molecule has 0 N–H and O–H groups in total. The number of benzene rings is 2. The SMILES string of the molecule is O=C(c1ccc(Cl)cc1)N1CCN(Cc2cc(=O)n3nc(-c4ccccc4F)sc3n2)CC1. The van der Waals surface area contributed by atoms with Crippen LogP contribution < -0.4 is 5.56 Å². The van der Waals surface area contributed by atoms with E-state index in [2.05, 4.69) is 15.0 Å². The van der Waals surface area contributed by atoms with Gasteiger partial charge < -0.3 is 4.90 Å². The molecule has 0 aliphatic carbocycles. The summed E-state index contributed by atoms with van der Waals surface area (Å²) in [5.41, 5.74) is 1.28. The van der Waals surface area contributed by atoms with E-state index in [0.29, 0.717) is 64.5 Å². The smallest absolute Gasteiger partial charge is 0.275 e. The maximum absolute atomic E-state index is 14.1. The topological polar surface area (TPSA) is 70.8 Å². The van der Waals surface area contributed by atoms with Crippen LogP contribution >= 0.6 is 22.9 Å². The maximum Gasteiger partial charge on any atom is 0.275 e. The first-order valence-electron chi connectivity index (χ1n) is 10.4. The lowest BCUT2D eigenvalue weighted by Crippen LogP contribution is -2.48. The summed E-state index contributed by atoms with van der Waals surface area (Å²) in [6.07, 6.45) is 0. The molecule has 1 fully saturated rings.